The third-order valence-electron chi connectivity index (χ3n) is 2.78. The predicted molar refractivity (Wildman–Crippen MR) is 65.2 cm³/mol. The molecule has 1 aromatic carbocycles. The van der Waals surface area contributed by atoms with Crippen molar-refractivity contribution in [1.82, 2.24) is 0 Å². The van der Waals surface area contributed by atoms with Crippen molar-refractivity contribution in [1.29, 1.82) is 0 Å². The molecule has 0 saturated carbocycles. The van der Waals surface area contributed by atoms with Gasteiger partial charge < -0.3 is 10.2 Å². The SMILES string of the molecule is CCCc1ccc(C(N)c2ccoc2)cc1. The monoisotopic (exact) mass is 215 g/mol. The average Bonchev–Trinajstić information content (AvgIpc) is 2.83. The van der Waals surface area contributed by atoms with Crippen molar-refractivity contribution in [3.05, 3.63) is 59.5 Å². The van der Waals surface area contributed by atoms with Crippen LogP contribution in [0.3, 0.4) is 0 Å². The molecule has 0 spiro atoms. The summed E-state index contributed by atoms with van der Waals surface area (Å²) in [6.07, 6.45) is 5.65. The van der Waals surface area contributed by atoms with Crippen molar-refractivity contribution in [2.24, 2.45) is 5.73 Å². The molecule has 1 aromatic heterocycles. The van der Waals surface area contributed by atoms with Crippen molar-refractivity contribution in [2.45, 2.75) is 25.8 Å². The maximum atomic E-state index is 6.12. The van der Waals surface area contributed by atoms with Gasteiger partial charge in [0.15, 0.2) is 0 Å². The topological polar surface area (TPSA) is 39.2 Å². The first-order chi connectivity index (χ1) is 7.81. The third kappa shape index (κ3) is 2.34. The van der Waals surface area contributed by atoms with E-state index < -0.39 is 0 Å². The Kier molecular flexibility index (Phi) is 3.42. The zero-order valence-electron chi connectivity index (χ0n) is 9.52. The van der Waals surface area contributed by atoms with Crippen molar-refractivity contribution in [3.63, 3.8) is 0 Å². The fraction of sp³-hybridized carbons (Fsp3) is 0.286. The lowest BCUT2D eigenvalue weighted by molar-refractivity contribution is 0.562. The number of benzene rings is 1. The van der Waals surface area contributed by atoms with Crippen LogP contribution in [-0.2, 0) is 6.42 Å². The summed E-state index contributed by atoms with van der Waals surface area (Å²) in [5.41, 5.74) is 9.63. The molecular formula is C14H17NO. The molecule has 1 unspecified atom stereocenters. The number of hydrogen-bond donors (Lipinski definition) is 1. The fourth-order valence-corrected chi connectivity index (χ4v) is 1.82. The van der Waals surface area contributed by atoms with Gasteiger partial charge in [0.25, 0.3) is 0 Å². The highest BCUT2D eigenvalue weighted by Gasteiger charge is 2.09. The van der Waals surface area contributed by atoms with Crippen LogP contribution >= 0.6 is 0 Å². The molecule has 2 aromatic rings. The van der Waals surface area contributed by atoms with Crippen LogP contribution in [0.25, 0.3) is 0 Å². The zero-order valence-corrected chi connectivity index (χ0v) is 9.52. The molecule has 0 aliphatic rings. The van der Waals surface area contributed by atoms with Gasteiger partial charge in [-0.1, -0.05) is 37.6 Å². The highest BCUT2D eigenvalue weighted by atomic mass is 16.3. The lowest BCUT2D eigenvalue weighted by Gasteiger charge is -2.10. The second-order valence-corrected chi connectivity index (χ2v) is 4.03. The summed E-state index contributed by atoms with van der Waals surface area (Å²) in [5, 5.41) is 0. The van der Waals surface area contributed by atoms with Gasteiger partial charge in [-0.3, -0.25) is 0 Å². The van der Waals surface area contributed by atoms with Crippen molar-refractivity contribution >= 4 is 0 Å². The molecule has 0 radical (unpaired) electrons. The molecule has 2 nitrogen and oxygen atoms in total. The Balaban J connectivity index is 2.15. The van der Waals surface area contributed by atoms with E-state index in [-0.39, 0.29) is 6.04 Å². The number of nitrogens with two attached hydrogens (primary N) is 1. The molecule has 0 saturated heterocycles. The van der Waals surface area contributed by atoms with Gasteiger partial charge in [-0.05, 0) is 23.6 Å². The second kappa shape index (κ2) is 4.99. The molecule has 84 valence electrons. The summed E-state index contributed by atoms with van der Waals surface area (Å²) in [7, 11) is 0. The Bertz CT molecular complexity index is 417. The van der Waals surface area contributed by atoms with E-state index in [1.165, 1.54) is 12.0 Å². The van der Waals surface area contributed by atoms with E-state index in [0.29, 0.717) is 0 Å². The van der Waals surface area contributed by atoms with Gasteiger partial charge in [0, 0.05) is 5.56 Å². The first-order valence-corrected chi connectivity index (χ1v) is 5.67. The highest BCUT2D eigenvalue weighted by molar-refractivity contribution is 5.31. The van der Waals surface area contributed by atoms with Crippen LogP contribution in [0.15, 0.2) is 47.3 Å². The number of aryl methyl sites for hydroxylation is 1. The fourth-order valence-electron chi connectivity index (χ4n) is 1.82. The minimum atomic E-state index is -0.0885. The molecule has 1 heterocycles. The first-order valence-electron chi connectivity index (χ1n) is 5.67. The standard InChI is InChI=1S/C14H17NO/c1-2-3-11-4-6-12(7-5-11)14(15)13-8-9-16-10-13/h4-10,14H,2-3,15H2,1H3. The van der Waals surface area contributed by atoms with Gasteiger partial charge in [0.05, 0.1) is 18.6 Å². The Morgan fingerprint density at radius 2 is 1.88 bits per heavy atom. The van der Waals surface area contributed by atoms with E-state index in [9.17, 15) is 0 Å². The van der Waals surface area contributed by atoms with Gasteiger partial charge in [-0.2, -0.15) is 0 Å². The van der Waals surface area contributed by atoms with Gasteiger partial charge in [-0.15, -0.1) is 0 Å². The summed E-state index contributed by atoms with van der Waals surface area (Å²) >= 11 is 0. The van der Waals surface area contributed by atoms with E-state index in [1.54, 1.807) is 12.5 Å². The average molecular weight is 215 g/mol. The summed E-state index contributed by atoms with van der Waals surface area (Å²) in [5.74, 6) is 0. The molecule has 0 aliphatic carbocycles. The minimum Gasteiger partial charge on any atom is -0.472 e. The molecular weight excluding hydrogens is 198 g/mol. The van der Waals surface area contributed by atoms with E-state index >= 15 is 0 Å². The van der Waals surface area contributed by atoms with E-state index in [2.05, 4.69) is 31.2 Å². The van der Waals surface area contributed by atoms with Gasteiger partial charge in [0.1, 0.15) is 0 Å². The number of hydrogen-bond acceptors (Lipinski definition) is 2. The molecule has 2 N–H and O–H groups in total. The van der Waals surface area contributed by atoms with Crippen LogP contribution in [-0.4, -0.2) is 0 Å². The van der Waals surface area contributed by atoms with Gasteiger partial charge >= 0.3 is 0 Å². The third-order valence-corrected chi connectivity index (χ3v) is 2.78. The molecule has 0 amide bonds. The normalized spacial score (nSPS) is 12.6. The van der Waals surface area contributed by atoms with E-state index in [0.717, 1.165) is 17.5 Å². The van der Waals surface area contributed by atoms with E-state index in [1.807, 2.05) is 6.07 Å². The van der Waals surface area contributed by atoms with Crippen LogP contribution in [0.2, 0.25) is 0 Å². The Morgan fingerprint density at radius 1 is 1.12 bits per heavy atom. The molecule has 0 aliphatic heterocycles. The Hall–Kier alpha value is -1.54. The first kappa shape index (κ1) is 11.0. The maximum absolute atomic E-state index is 6.12. The summed E-state index contributed by atoms with van der Waals surface area (Å²) in [6.45, 7) is 2.19. The predicted octanol–water partition coefficient (Wildman–Crippen LogP) is 3.28. The quantitative estimate of drug-likeness (QED) is 0.850. The van der Waals surface area contributed by atoms with Gasteiger partial charge in [0.2, 0.25) is 0 Å². The number of furan rings is 1. The molecule has 1 atom stereocenters. The lowest BCUT2D eigenvalue weighted by atomic mass is 10.00. The van der Waals surface area contributed by atoms with Crippen LogP contribution < -0.4 is 5.73 Å². The molecule has 2 heteroatoms. The van der Waals surface area contributed by atoms with Crippen LogP contribution in [0, 0.1) is 0 Å². The smallest absolute Gasteiger partial charge is 0.0953 e. The van der Waals surface area contributed by atoms with Gasteiger partial charge in [-0.25, -0.2) is 0 Å². The summed E-state index contributed by atoms with van der Waals surface area (Å²) < 4.78 is 5.04. The number of rotatable bonds is 4. The highest BCUT2D eigenvalue weighted by Crippen LogP contribution is 2.20. The van der Waals surface area contributed by atoms with Crippen molar-refractivity contribution in [3.8, 4) is 0 Å². The lowest BCUT2D eigenvalue weighted by Crippen LogP contribution is -2.10. The van der Waals surface area contributed by atoms with Crippen LogP contribution in [0.4, 0.5) is 0 Å². The maximum Gasteiger partial charge on any atom is 0.0953 e. The van der Waals surface area contributed by atoms with Crippen LogP contribution in [0.5, 0.6) is 0 Å². The summed E-state index contributed by atoms with van der Waals surface area (Å²) in [4.78, 5) is 0. The van der Waals surface area contributed by atoms with Crippen LogP contribution in [0.1, 0.15) is 36.1 Å². The molecule has 16 heavy (non-hydrogen) atoms. The Labute approximate surface area is 96.1 Å². The second-order valence-electron chi connectivity index (χ2n) is 4.03. The van der Waals surface area contributed by atoms with Crippen molar-refractivity contribution in [2.75, 3.05) is 0 Å². The zero-order chi connectivity index (χ0) is 11.4. The van der Waals surface area contributed by atoms with Crippen molar-refractivity contribution < 1.29 is 4.42 Å². The molecule has 0 bridgehead atoms. The molecule has 2 rings (SSSR count). The molecule has 0 fully saturated rings. The largest absolute Gasteiger partial charge is 0.472 e. The Morgan fingerprint density at radius 3 is 2.44 bits per heavy atom. The van der Waals surface area contributed by atoms with E-state index in [4.69, 9.17) is 10.2 Å². The summed E-state index contributed by atoms with van der Waals surface area (Å²) in [6, 6.07) is 10.3. The minimum absolute atomic E-state index is 0.0885.